The first-order valence-corrected chi connectivity index (χ1v) is 9.67. The van der Waals surface area contributed by atoms with Gasteiger partial charge in [-0.1, -0.05) is 18.2 Å². The van der Waals surface area contributed by atoms with Crippen molar-refractivity contribution in [2.45, 2.75) is 38.8 Å². The zero-order valence-electron chi connectivity index (χ0n) is 15.9. The molecule has 1 aromatic carbocycles. The minimum absolute atomic E-state index is 0.0319. The molecule has 0 aliphatic carbocycles. The van der Waals surface area contributed by atoms with Crippen molar-refractivity contribution in [1.82, 2.24) is 15.1 Å². The lowest BCUT2D eigenvalue weighted by Gasteiger charge is -2.42. The summed E-state index contributed by atoms with van der Waals surface area (Å²) in [6, 6.07) is 10.1. The van der Waals surface area contributed by atoms with E-state index in [1.54, 1.807) is 0 Å². The predicted octanol–water partition coefficient (Wildman–Crippen LogP) is 1.32. The summed E-state index contributed by atoms with van der Waals surface area (Å²) in [5, 5.41) is 2.94. The topological polar surface area (TPSA) is 55.9 Å². The lowest BCUT2D eigenvalue weighted by Crippen LogP contribution is -2.58. The molecule has 3 rings (SSSR count). The first-order chi connectivity index (χ1) is 12.5. The van der Waals surface area contributed by atoms with Crippen molar-refractivity contribution in [3.63, 3.8) is 0 Å². The molecule has 0 bridgehead atoms. The molecule has 2 saturated heterocycles. The Morgan fingerprint density at radius 2 is 1.81 bits per heavy atom. The summed E-state index contributed by atoms with van der Waals surface area (Å²) in [6.45, 7) is 8.55. The van der Waals surface area contributed by atoms with Gasteiger partial charge in [0.05, 0.1) is 12.6 Å². The van der Waals surface area contributed by atoms with Crippen molar-refractivity contribution in [3.8, 4) is 0 Å². The Bertz CT molecular complexity index is 611. The number of carbonyl (C=O) groups is 2. The molecule has 0 spiro atoms. The van der Waals surface area contributed by atoms with Gasteiger partial charge in [0.25, 0.3) is 0 Å². The zero-order chi connectivity index (χ0) is 18.5. The number of carbonyl (C=O) groups excluding carboxylic acids is 2. The minimum Gasteiger partial charge on any atom is -0.353 e. The Morgan fingerprint density at radius 1 is 1.12 bits per heavy atom. The van der Waals surface area contributed by atoms with Crippen LogP contribution >= 0.6 is 0 Å². The van der Waals surface area contributed by atoms with Gasteiger partial charge in [-0.15, -0.1) is 0 Å². The van der Waals surface area contributed by atoms with E-state index in [9.17, 15) is 9.59 Å². The summed E-state index contributed by atoms with van der Waals surface area (Å²) >= 11 is 0. The summed E-state index contributed by atoms with van der Waals surface area (Å²) in [5.41, 5.74) is 0.992. The second-order valence-electron chi connectivity index (χ2n) is 7.52. The van der Waals surface area contributed by atoms with E-state index >= 15 is 0 Å². The highest BCUT2D eigenvalue weighted by Crippen LogP contribution is 2.24. The Morgan fingerprint density at radius 3 is 2.46 bits per heavy atom. The molecule has 2 aliphatic rings. The third-order valence-electron chi connectivity index (χ3n) is 5.14. The third kappa shape index (κ3) is 4.62. The zero-order valence-corrected chi connectivity index (χ0v) is 15.9. The molecule has 1 unspecified atom stereocenters. The van der Waals surface area contributed by atoms with Gasteiger partial charge in [0, 0.05) is 44.5 Å². The molecular formula is C20H30N4O2. The molecule has 6 heteroatoms. The van der Waals surface area contributed by atoms with Crippen LogP contribution in [0.15, 0.2) is 30.3 Å². The van der Waals surface area contributed by atoms with Gasteiger partial charge >= 0.3 is 0 Å². The normalized spacial score (nSPS) is 22.7. The van der Waals surface area contributed by atoms with E-state index in [-0.39, 0.29) is 23.9 Å². The predicted molar refractivity (Wildman–Crippen MR) is 103 cm³/mol. The minimum atomic E-state index is -0.0319. The number of anilines is 1. The van der Waals surface area contributed by atoms with Crippen molar-refractivity contribution >= 4 is 17.5 Å². The number of amides is 2. The van der Waals surface area contributed by atoms with Gasteiger partial charge in [0.1, 0.15) is 0 Å². The fourth-order valence-corrected chi connectivity index (χ4v) is 3.86. The number of hydrogen-bond acceptors (Lipinski definition) is 4. The maximum absolute atomic E-state index is 13.0. The van der Waals surface area contributed by atoms with Crippen molar-refractivity contribution in [2.75, 3.05) is 44.2 Å². The average molecular weight is 358 g/mol. The lowest BCUT2D eigenvalue weighted by molar-refractivity contribution is -0.127. The second kappa shape index (κ2) is 8.64. The van der Waals surface area contributed by atoms with Crippen LogP contribution in [-0.2, 0) is 9.59 Å². The number of nitrogens with one attached hydrogen (secondary N) is 1. The molecule has 26 heavy (non-hydrogen) atoms. The fraction of sp³-hybridized carbons (Fsp3) is 0.600. The van der Waals surface area contributed by atoms with E-state index in [1.807, 2.05) is 49.1 Å². The highest BCUT2D eigenvalue weighted by atomic mass is 16.2. The number of piperidine rings is 1. The molecule has 1 atom stereocenters. The van der Waals surface area contributed by atoms with Gasteiger partial charge in [-0.2, -0.15) is 0 Å². The average Bonchev–Trinajstić information content (AvgIpc) is 2.63. The first kappa shape index (κ1) is 18.9. The molecule has 2 aliphatic heterocycles. The van der Waals surface area contributed by atoms with Crippen LogP contribution in [-0.4, -0.2) is 73.0 Å². The van der Waals surface area contributed by atoms with Crippen molar-refractivity contribution < 1.29 is 9.59 Å². The van der Waals surface area contributed by atoms with Crippen molar-refractivity contribution in [1.29, 1.82) is 0 Å². The highest BCUT2D eigenvalue weighted by molar-refractivity contribution is 5.97. The van der Waals surface area contributed by atoms with Crippen molar-refractivity contribution in [3.05, 3.63) is 30.3 Å². The Balaban J connectivity index is 1.54. The lowest BCUT2D eigenvalue weighted by atomic mass is 10.0. The van der Waals surface area contributed by atoms with Gasteiger partial charge in [-0.25, -0.2) is 0 Å². The number of benzene rings is 1. The van der Waals surface area contributed by atoms with Crippen LogP contribution in [0.1, 0.15) is 26.7 Å². The van der Waals surface area contributed by atoms with Crippen LogP contribution in [0, 0.1) is 0 Å². The molecule has 6 nitrogen and oxygen atoms in total. The van der Waals surface area contributed by atoms with E-state index in [0.717, 1.165) is 51.3 Å². The number of para-hydroxylation sites is 1. The molecule has 1 aromatic rings. The monoisotopic (exact) mass is 358 g/mol. The maximum atomic E-state index is 13.0. The summed E-state index contributed by atoms with van der Waals surface area (Å²) in [7, 11) is 0. The molecule has 1 N–H and O–H groups in total. The summed E-state index contributed by atoms with van der Waals surface area (Å²) < 4.78 is 0. The molecule has 2 amide bonds. The van der Waals surface area contributed by atoms with Gasteiger partial charge < -0.3 is 10.2 Å². The number of nitrogens with zero attached hydrogens (tertiary/aromatic N) is 3. The number of piperazine rings is 1. The third-order valence-corrected chi connectivity index (χ3v) is 5.14. The Hall–Kier alpha value is -1.92. The summed E-state index contributed by atoms with van der Waals surface area (Å²) in [5.74, 6) is 0.297. The second-order valence-corrected chi connectivity index (χ2v) is 7.52. The molecular weight excluding hydrogens is 328 g/mol. The van der Waals surface area contributed by atoms with Crippen LogP contribution < -0.4 is 10.2 Å². The van der Waals surface area contributed by atoms with Gasteiger partial charge in [0.15, 0.2) is 0 Å². The molecule has 142 valence electrons. The standard InChI is InChI=1S/C20H30N4O2/c1-16(2)21-19(25)15-22-11-13-23(14-12-22)18-9-6-10-24(20(18)26)17-7-4-3-5-8-17/h3-5,7-8,16,18H,6,9-15H2,1-2H3,(H,21,25). The fourth-order valence-electron chi connectivity index (χ4n) is 3.86. The highest BCUT2D eigenvalue weighted by Gasteiger charge is 2.35. The van der Waals surface area contributed by atoms with Crippen molar-refractivity contribution in [2.24, 2.45) is 0 Å². The van der Waals surface area contributed by atoms with Crippen LogP contribution in [0.25, 0.3) is 0 Å². The molecule has 2 fully saturated rings. The SMILES string of the molecule is CC(C)NC(=O)CN1CCN(C2CCCN(c3ccccc3)C2=O)CC1. The summed E-state index contributed by atoms with van der Waals surface area (Å²) in [6.07, 6.45) is 1.96. The Kier molecular flexibility index (Phi) is 6.27. The molecule has 0 radical (unpaired) electrons. The number of hydrogen-bond donors (Lipinski definition) is 1. The Labute approximate surface area is 156 Å². The molecule has 2 heterocycles. The first-order valence-electron chi connectivity index (χ1n) is 9.67. The molecule has 0 aromatic heterocycles. The smallest absolute Gasteiger partial charge is 0.244 e. The van der Waals surface area contributed by atoms with E-state index in [2.05, 4.69) is 15.1 Å². The van der Waals surface area contributed by atoms with E-state index < -0.39 is 0 Å². The van der Waals surface area contributed by atoms with Gasteiger partial charge in [-0.05, 0) is 38.8 Å². The van der Waals surface area contributed by atoms with Crippen LogP contribution in [0.3, 0.4) is 0 Å². The van der Waals surface area contributed by atoms with E-state index in [0.29, 0.717) is 6.54 Å². The molecule has 0 saturated carbocycles. The van der Waals surface area contributed by atoms with Crippen LogP contribution in [0.2, 0.25) is 0 Å². The van der Waals surface area contributed by atoms with Gasteiger partial charge in [-0.3, -0.25) is 19.4 Å². The number of rotatable bonds is 5. The van der Waals surface area contributed by atoms with Gasteiger partial charge in [0.2, 0.25) is 11.8 Å². The summed E-state index contributed by atoms with van der Waals surface area (Å²) in [4.78, 5) is 31.3. The van der Waals surface area contributed by atoms with Crippen LogP contribution in [0.5, 0.6) is 0 Å². The van der Waals surface area contributed by atoms with Crippen LogP contribution in [0.4, 0.5) is 5.69 Å². The van der Waals surface area contributed by atoms with E-state index in [4.69, 9.17) is 0 Å². The largest absolute Gasteiger partial charge is 0.353 e. The quantitative estimate of drug-likeness (QED) is 0.863. The van der Waals surface area contributed by atoms with E-state index in [1.165, 1.54) is 0 Å². The maximum Gasteiger partial charge on any atom is 0.244 e.